The van der Waals surface area contributed by atoms with Crippen molar-refractivity contribution in [2.45, 2.75) is 32.3 Å². The number of halogens is 2. The number of nitrogen functional groups attached to an aromatic ring is 1. The molecule has 0 radical (unpaired) electrons. The Balaban J connectivity index is 2.10. The van der Waals surface area contributed by atoms with Gasteiger partial charge in [-0.25, -0.2) is 4.39 Å². The van der Waals surface area contributed by atoms with Crippen LogP contribution in [0.5, 0.6) is 0 Å². The largest absolute Gasteiger partial charge is 0.396 e. The van der Waals surface area contributed by atoms with Crippen LogP contribution in [0.3, 0.4) is 0 Å². The first kappa shape index (κ1) is 16.2. The molecule has 116 valence electrons. The Morgan fingerprint density at radius 1 is 1.57 bits per heavy atom. The van der Waals surface area contributed by atoms with E-state index in [0.29, 0.717) is 29.7 Å². The van der Waals surface area contributed by atoms with Gasteiger partial charge in [0.25, 0.3) is 5.91 Å². The van der Waals surface area contributed by atoms with Gasteiger partial charge in [-0.3, -0.25) is 4.79 Å². The number of anilines is 1. The second-order valence-corrected chi connectivity index (χ2v) is 6.09. The van der Waals surface area contributed by atoms with E-state index >= 15 is 0 Å². The molecule has 6 heteroatoms. The van der Waals surface area contributed by atoms with Gasteiger partial charge in [-0.2, -0.15) is 0 Å². The van der Waals surface area contributed by atoms with Gasteiger partial charge in [0.1, 0.15) is 5.82 Å². The third kappa shape index (κ3) is 3.95. The summed E-state index contributed by atoms with van der Waals surface area (Å²) in [5, 5.41) is 0. The molecule has 0 aromatic heterocycles. The van der Waals surface area contributed by atoms with Crippen LogP contribution in [-0.2, 0) is 4.74 Å². The van der Waals surface area contributed by atoms with E-state index in [0.717, 1.165) is 19.3 Å². The molecule has 1 aromatic carbocycles. The maximum absolute atomic E-state index is 13.4. The minimum atomic E-state index is -0.527. The summed E-state index contributed by atoms with van der Waals surface area (Å²) in [7, 11) is 0. The number of nitrogens with zero attached hydrogens (tertiary/aromatic N) is 1. The topological polar surface area (TPSA) is 55.6 Å². The van der Waals surface area contributed by atoms with E-state index in [9.17, 15) is 9.18 Å². The van der Waals surface area contributed by atoms with Gasteiger partial charge in [0, 0.05) is 24.2 Å². The van der Waals surface area contributed by atoms with Gasteiger partial charge in [-0.05, 0) is 47.3 Å². The van der Waals surface area contributed by atoms with Crippen molar-refractivity contribution in [2.75, 3.05) is 25.4 Å². The molecule has 2 rings (SSSR count). The Morgan fingerprint density at radius 3 is 3.05 bits per heavy atom. The van der Waals surface area contributed by atoms with Crippen molar-refractivity contribution in [2.24, 2.45) is 0 Å². The fourth-order valence-electron chi connectivity index (χ4n) is 2.44. The second kappa shape index (κ2) is 7.22. The zero-order valence-electron chi connectivity index (χ0n) is 12.1. The van der Waals surface area contributed by atoms with Crippen LogP contribution in [0.25, 0.3) is 0 Å². The lowest BCUT2D eigenvalue weighted by Gasteiger charge is -2.33. The molecule has 2 N–H and O–H groups in total. The van der Waals surface area contributed by atoms with Crippen LogP contribution in [0.15, 0.2) is 16.6 Å². The predicted octanol–water partition coefficient (Wildman–Crippen LogP) is 3.20. The van der Waals surface area contributed by atoms with E-state index in [1.54, 1.807) is 4.90 Å². The molecular weight excluding hydrogens is 339 g/mol. The summed E-state index contributed by atoms with van der Waals surface area (Å²) in [5.74, 6) is -0.667. The van der Waals surface area contributed by atoms with Crippen LogP contribution >= 0.6 is 15.9 Å². The smallest absolute Gasteiger partial charge is 0.255 e. The lowest BCUT2D eigenvalue weighted by molar-refractivity contribution is 0.00208. The molecule has 1 aliphatic rings. The molecule has 0 saturated carbocycles. The first-order chi connectivity index (χ1) is 10.0. The Kier molecular flexibility index (Phi) is 5.58. The summed E-state index contributed by atoms with van der Waals surface area (Å²) < 4.78 is 19.5. The minimum Gasteiger partial charge on any atom is -0.396 e. The van der Waals surface area contributed by atoms with E-state index in [2.05, 4.69) is 22.9 Å². The third-order valence-electron chi connectivity index (χ3n) is 3.54. The molecule has 1 unspecified atom stereocenters. The third-order valence-corrected chi connectivity index (χ3v) is 4.20. The fourth-order valence-corrected chi connectivity index (χ4v) is 2.93. The molecule has 0 aliphatic carbocycles. The van der Waals surface area contributed by atoms with Gasteiger partial charge < -0.3 is 15.4 Å². The Labute approximate surface area is 132 Å². The van der Waals surface area contributed by atoms with E-state index in [4.69, 9.17) is 10.5 Å². The quantitative estimate of drug-likeness (QED) is 0.840. The number of amides is 1. The number of rotatable bonds is 4. The van der Waals surface area contributed by atoms with Gasteiger partial charge in [0.2, 0.25) is 0 Å². The van der Waals surface area contributed by atoms with Crippen LogP contribution in [0.4, 0.5) is 10.1 Å². The number of nitrogens with two attached hydrogens (primary N) is 1. The molecule has 1 aliphatic heterocycles. The van der Waals surface area contributed by atoms with Crippen LogP contribution in [-0.4, -0.2) is 36.6 Å². The summed E-state index contributed by atoms with van der Waals surface area (Å²) in [6, 6.07) is 2.62. The van der Waals surface area contributed by atoms with Gasteiger partial charge in [0.15, 0.2) is 0 Å². The summed E-state index contributed by atoms with van der Waals surface area (Å²) in [5.41, 5.74) is 5.94. The number of likely N-dealkylation sites (tertiary alicyclic amines) is 1. The Hall–Kier alpha value is -1.14. The van der Waals surface area contributed by atoms with Crippen molar-refractivity contribution in [3.63, 3.8) is 0 Å². The number of carbonyl (C=O) groups is 1. The zero-order valence-corrected chi connectivity index (χ0v) is 13.7. The van der Waals surface area contributed by atoms with Crippen molar-refractivity contribution in [1.29, 1.82) is 0 Å². The highest BCUT2D eigenvalue weighted by atomic mass is 79.9. The minimum absolute atomic E-state index is 0.0163. The molecule has 0 bridgehead atoms. The van der Waals surface area contributed by atoms with Gasteiger partial charge in [-0.1, -0.05) is 6.92 Å². The number of piperidine rings is 1. The number of benzene rings is 1. The van der Waals surface area contributed by atoms with Crippen molar-refractivity contribution in [1.82, 2.24) is 4.90 Å². The van der Waals surface area contributed by atoms with E-state index < -0.39 is 5.82 Å². The second-order valence-electron chi connectivity index (χ2n) is 5.24. The van der Waals surface area contributed by atoms with Crippen LogP contribution in [0.2, 0.25) is 0 Å². The van der Waals surface area contributed by atoms with Crippen LogP contribution < -0.4 is 5.73 Å². The highest BCUT2D eigenvalue weighted by Crippen LogP contribution is 2.25. The first-order valence-electron chi connectivity index (χ1n) is 7.18. The number of ether oxygens (including phenoxy) is 1. The van der Waals surface area contributed by atoms with Crippen LogP contribution in [0.1, 0.15) is 36.5 Å². The van der Waals surface area contributed by atoms with E-state index in [1.165, 1.54) is 12.1 Å². The Bertz CT molecular complexity index is 525. The summed E-state index contributed by atoms with van der Waals surface area (Å²) in [4.78, 5) is 14.3. The lowest BCUT2D eigenvalue weighted by atomic mass is 10.1. The molecule has 1 atom stereocenters. The molecule has 1 amide bonds. The summed E-state index contributed by atoms with van der Waals surface area (Å²) >= 11 is 3.23. The monoisotopic (exact) mass is 358 g/mol. The first-order valence-corrected chi connectivity index (χ1v) is 7.97. The van der Waals surface area contributed by atoms with Crippen molar-refractivity contribution in [3.05, 3.63) is 28.0 Å². The van der Waals surface area contributed by atoms with Crippen molar-refractivity contribution < 1.29 is 13.9 Å². The predicted molar refractivity (Wildman–Crippen MR) is 83.7 cm³/mol. The maximum atomic E-state index is 13.4. The molecule has 1 heterocycles. The number of hydrogen-bond donors (Lipinski definition) is 1. The van der Waals surface area contributed by atoms with Crippen molar-refractivity contribution in [3.8, 4) is 0 Å². The highest BCUT2D eigenvalue weighted by Gasteiger charge is 2.26. The van der Waals surface area contributed by atoms with E-state index in [-0.39, 0.29) is 17.7 Å². The van der Waals surface area contributed by atoms with Gasteiger partial charge in [-0.15, -0.1) is 0 Å². The normalized spacial score (nSPS) is 18.8. The molecule has 4 nitrogen and oxygen atoms in total. The Morgan fingerprint density at radius 2 is 2.33 bits per heavy atom. The zero-order chi connectivity index (χ0) is 15.4. The van der Waals surface area contributed by atoms with Gasteiger partial charge >= 0.3 is 0 Å². The number of carbonyl (C=O) groups excluding carboxylic acids is 1. The summed E-state index contributed by atoms with van der Waals surface area (Å²) in [6.45, 7) is 4.03. The lowest BCUT2D eigenvalue weighted by Crippen LogP contribution is -2.43. The highest BCUT2D eigenvalue weighted by molar-refractivity contribution is 9.10. The molecule has 1 saturated heterocycles. The standard InChI is InChI=1S/C15H20BrFN2O2/c1-2-6-21-10-4-3-5-19(9-10)15(20)11-7-14(18)13(17)8-12(11)16/h7-8,10H,2-6,9,18H2,1H3. The molecule has 1 aromatic rings. The van der Waals surface area contributed by atoms with Crippen LogP contribution in [0, 0.1) is 5.82 Å². The van der Waals surface area contributed by atoms with Crippen molar-refractivity contribution >= 4 is 27.5 Å². The van der Waals surface area contributed by atoms with Gasteiger partial charge in [0.05, 0.1) is 17.4 Å². The molecule has 21 heavy (non-hydrogen) atoms. The molecule has 0 spiro atoms. The average molecular weight is 359 g/mol. The molecular formula is C15H20BrFN2O2. The fraction of sp³-hybridized carbons (Fsp3) is 0.533. The summed E-state index contributed by atoms with van der Waals surface area (Å²) in [6.07, 6.45) is 2.93. The SMILES string of the molecule is CCCOC1CCCN(C(=O)c2cc(N)c(F)cc2Br)C1. The maximum Gasteiger partial charge on any atom is 0.255 e. The number of hydrogen-bond acceptors (Lipinski definition) is 3. The van der Waals surface area contributed by atoms with E-state index in [1.807, 2.05) is 0 Å². The average Bonchev–Trinajstić information content (AvgIpc) is 2.48. The molecule has 1 fully saturated rings.